The second-order valence-corrected chi connectivity index (χ2v) is 11.5. The number of hydrogen-bond acceptors (Lipinski definition) is 6. The Hall–Kier alpha value is -2.29. The van der Waals surface area contributed by atoms with E-state index in [1.54, 1.807) is 0 Å². The molecule has 1 amide bonds. The van der Waals surface area contributed by atoms with E-state index in [9.17, 15) is 4.79 Å². The molecule has 3 aliphatic carbocycles. The van der Waals surface area contributed by atoms with Gasteiger partial charge in [0.2, 0.25) is 5.91 Å². The summed E-state index contributed by atoms with van der Waals surface area (Å²) in [5, 5.41) is 10.3. The molecule has 0 spiro atoms. The van der Waals surface area contributed by atoms with Crippen LogP contribution in [0.4, 0.5) is 0 Å². The molecule has 2 aromatic rings. The van der Waals surface area contributed by atoms with Crippen LogP contribution in [0.15, 0.2) is 60.7 Å². The quantitative estimate of drug-likeness (QED) is 0.339. The van der Waals surface area contributed by atoms with Crippen molar-refractivity contribution in [2.24, 2.45) is 11.8 Å². The Balaban J connectivity index is 0.000000443. The summed E-state index contributed by atoms with van der Waals surface area (Å²) < 4.78 is 0. The van der Waals surface area contributed by atoms with Gasteiger partial charge < -0.3 is 5.32 Å². The van der Waals surface area contributed by atoms with Crippen LogP contribution in [0.25, 0.3) is 0 Å². The normalized spacial score (nSPS) is 31.1. The second kappa shape index (κ2) is 12.3. The lowest BCUT2D eigenvalue weighted by Crippen LogP contribution is -2.56. The van der Waals surface area contributed by atoms with Crippen molar-refractivity contribution < 1.29 is 17.4 Å². The third-order valence-electron chi connectivity index (χ3n) is 8.19. The molecule has 7 nitrogen and oxygen atoms in total. The molecule has 2 saturated heterocycles. The zero-order valence-corrected chi connectivity index (χ0v) is 23.9. The van der Waals surface area contributed by atoms with Gasteiger partial charge in [0, 0.05) is 27.5 Å². The molecule has 1 unspecified atom stereocenters. The fourth-order valence-corrected chi connectivity index (χ4v) is 6.23. The average Bonchev–Trinajstić information content (AvgIpc) is 3.39. The molecule has 5 aliphatic rings. The largest absolute Gasteiger partial charge is 0.352 e. The van der Waals surface area contributed by atoms with E-state index in [1.807, 2.05) is 58.9 Å². The summed E-state index contributed by atoms with van der Waals surface area (Å²) in [6.45, 7) is 13.6. The van der Waals surface area contributed by atoms with E-state index in [2.05, 4.69) is 64.2 Å². The summed E-state index contributed by atoms with van der Waals surface area (Å²) in [4.78, 5) is 25.5. The number of fused-ring (bicyclic) bond motifs is 1. The summed E-state index contributed by atoms with van der Waals surface area (Å²) in [5.41, 5.74) is 2.18. The molecule has 5 fully saturated rings. The molecule has 212 valence electrons. The molecule has 3 atom stereocenters. The van der Waals surface area contributed by atoms with Crippen molar-refractivity contribution in [2.45, 2.75) is 97.0 Å². The summed E-state index contributed by atoms with van der Waals surface area (Å²) in [6.07, 6.45) is 3.39. The second-order valence-electron chi connectivity index (χ2n) is 11.5. The van der Waals surface area contributed by atoms with E-state index >= 15 is 0 Å². The van der Waals surface area contributed by atoms with Crippen LogP contribution < -0.4 is 16.0 Å². The van der Waals surface area contributed by atoms with Gasteiger partial charge in [0.05, 0.1) is 6.17 Å². The minimum Gasteiger partial charge on any atom is -0.352 e. The number of amides is 1. The third kappa shape index (κ3) is 6.46. The van der Waals surface area contributed by atoms with Gasteiger partial charge in [-0.1, -0.05) is 80.1 Å². The predicted molar refractivity (Wildman–Crippen MR) is 155 cm³/mol. The standard InChI is InChI=1S/C22H32N4O3.C7H8.C2H6.2H2/c1-14(2)24-19(27)21(3)13-23-18(25-21)17-11-22(9-16(17)10-22)26(20-28-29-20)12-15-7-5-4-6-8-15;1-7-5-3-2-4-6-7;1-2;;/h4-8,14,16-18,20,23,25H,9-13H2,1-3H3,(H,24,27);2-6H,1H3;1-2H3;2*1H/t16?,17-,18?,21+,22?;;;;/m0..../s1. The number of carbonyl (C=O) groups excluding carboxylic acids is 1. The number of aryl methyl sites for hydroxylation is 1. The van der Waals surface area contributed by atoms with Crippen LogP contribution >= 0.6 is 0 Å². The highest BCUT2D eigenvalue weighted by Gasteiger charge is 2.64. The molecule has 38 heavy (non-hydrogen) atoms. The van der Waals surface area contributed by atoms with Gasteiger partial charge in [0.1, 0.15) is 5.54 Å². The van der Waals surface area contributed by atoms with Crippen LogP contribution in [0, 0.1) is 18.8 Å². The highest BCUT2D eigenvalue weighted by molar-refractivity contribution is 5.86. The number of carbonyl (C=O) groups is 1. The van der Waals surface area contributed by atoms with Gasteiger partial charge >= 0.3 is 0 Å². The lowest BCUT2D eigenvalue weighted by atomic mass is 9.74. The Morgan fingerprint density at radius 2 is 1.66 bits per heavy atom. The zero-order valence-electron chi connectivity index (χ0n) is 23.9. The Morgan fingerprint density at radius 3 is 2.18 bits per heavy atom. The van der Waals surface area contributed by atoms with Crippen molar-refractivity contribution in [3.8, 4) is 0 Å². The first-order valence-corrected chi connectivity index (χ1v) is 14.2. The molecular weight excluding hydrogens is 476 g/mol. The van der Waals surface area contributed by atoms with Crippen molar-refractivity contribution in [1.82, 2.24) is 20.9 Å². The maximum atomic E-state index is 12.6. The van der Waals surface area contributed by atoms with Crippen molar-refractivity contribution in [3.05, 3.63) is 71.8 Å². The summed E-state index contributed by atoms with van der Waals surface area (Å²) >= 11 is 0. The van der Waals surface area contributed by atoms with E-state index in [0.717, 1.165) is 13.0 Å². The average molecular weight is 527 g/mol. The van der Waals surface area contributed by atoms with E-state index in [1.165, 1.54) is 24.0 Å². The van der Waals surface area contributed by atoms with Gasteiger partial charge in [0.25, 0.3) is 6.41 Å². The summed E-state index contributed by atoms with van der Waals surface area (Å²) in [7, 11) is 0. The minimum absolute atomic E-state index is 0. The van der Waals surface area contributed by atoms with Crippen molar-refractivity contribution in [1.29, 1.82) is 0 Å². The lowest BCUT2D eigenvalue weighted by Gasteiger charge is -2.46. The molecule has 2 heterocycles. The number of nitrogens with one attached hydrogen (secondary N) is 3. The van der Waals surface area contributed by atoms with Crippen LogP contribution in [-0.4, -0.2) is 47.1 Å². The lowest BCUT2D eigenvalue weighted by molar-refractivity contribution is -0.126. The van der Waals surface area contributed by atoms with Crippen LogP contribution in [0.3, 0.4) is 0 Å². The molecule has 3 N–H and O–H groups in total. The first kappa shape index (κ1) is 28.7. The summed E-state index contributed by atoms with van der Waals surface area (Å²) in [6, 6.07) is 20.9. The third-order valence-corrected chi connectivity index (χ3v) is 8.19. The molecule has 0 aromatic heterocycles. The highest BCUT2D eigenvalue weighted by Crippen LogP contribution is 2.61. The highest BCUT2D eigenvalue weighted by atomic mass is 17.4. The zero-order chi connectivity index (χ0) is 27.3. The van der Waals surface area contributed by atoms with E-state index in [4.69, 9.17) is 9.78 Å². The van der Waals surface area contributed by atoms with E-state index < -0.39 is 5.54 Å². The van der Waals surface area contributed by atoms with Gasteiger partial charge in [-0.2, -0.15) is 9.78 Å². The van der Waals surface area contributed by atoms with Gasteiger partial charge in [0.15, 0.2) is 0 Å². The number of nitrogens with zero attached hydrogens (tertiary/aromatic N) is 1. The first-order valence-electron chi connectivity index (χ1n) is 14.2. The fourth-order valence-electron chi connectivity index (χ4n) is 6.23. The number of hydrogen-bond donors (Lipinski definition) is 3. The SMILES string of the molecule is CC.CC(C)NC(=O)[C@@]1(C)CNC([C@H]2CC3(N(Cc4ccccc4)C4OO4)CC2C3)N1.Cc1ccccc1.[HH].[HH]. The first-order chi connectivity index (χ1) is 18.3. The molecule has 0 radical (unpaired) electrons. The van der Waals surface area contributed by atoms with Crippen molar-refractivity contribution in [3.63, 3.8) is 0 Å². The molecule has 7 rings (SSSR count). The number of rotatable bonds is 7. The summed E-state index contributed by atoms with van der Waals surface area (Å²) in [5.74, 6) is 1.27. The predicted octanol–water partition coefficient (Wildman–Crippen LogP) is 5.22. The van der Waals surface area contributed by atoms with Gasteiger partial charge in [-0.05, 0) is 64.4 Å². The van der Waals surface area contributed by atoms with Crippen molar-refractivity contribution in [2.75, 3.05) is 6.54 Å². The van der Waals surface area contributed by atoms with Crippen LogP contribution in [0.1, 0.15) is 67.9 Å². The van der Waals surface area contributed by atoms with Gasteiger partial charge in [-0.3, -0.25) is 15.4 Å². The molecule has 2 bridgehead atoms. The van der Waals surface area contributed by atoms with Gasteiger partial charge in [-0.25, -0.2) is 4.90 Å². The minimum atomic E-state index is -0.554. The molecule has 2 aromatic carbocycles. The molecule has 7 heteroatoms. The van der Waals surface area contributed by atoms with E-state index in [0.29, 0.717) is 18.4 Å². The number of benzene rings is 2. The van der Waals surface area contributed by atoms with Crippen LogP contribution in [0.2, 0.25) is 0 Å². The van der Waals surface area contributed by atoms with Gasteiger partial charge in [-0.15, -0.1) is 0 Å². The van der Waals surface area contributed by atoms with Crippen molar-refractivity contribution >= 4 is 5.91 Å². The molecule has 3 saturated carbocycles. The fraction of sp³-hybridized carbons (Fsp3) is 0.581. The van der Waals surface area contributed by atoms with E-state index in [-0.39, 0.29) is 32.9 Å². The monoisotopic (exact) mass is 526 g/mol. The Kier molecular flexibility index (Phi) is 9.27. The maximum Gasteiger partial charge on any atom is 0.281 e. The Labute approximate surface area is 231 Å². The molecule has 2 aliphatic heterocycles. The van der Waals surface area contributed by atoms with Crippen LogP contribution in [0.5, 0.6) is 0 Å². The smallest absolute Gasteiger partial charge is 0.281 e. The maximum absolute atomic E-state index is 12.6. The van der Waals surface area contributed by atoms with Crippen LogP contribution in [-0.2, 0) is 21.1 Å². The Morgan fingerprint density at radius 1 is 1.05 bits per heavy atom. The molecular formula is C31H50N4O3. The topological polar surface area (TPSA) is 81.5 Å². The Bertz CT molecular complexity index is 1040.